The fraction of sp³-hybridized carbons (Fsp3) is 0.294. The third kappa shape index (κ3) is 15.2. The Bertz CT molecular complexity index is 3310. The molecule has 0 saturated heterocycles. The first-order chi connectivity index (χ1) is 35.4. The lowest BCUT2D eigenvalue weighted by atomic mass is 9.91. The van der Waals surface area contributed by atoms with E-state index in [1.165, 1.54) is 50.7 Å². The van der Waals surface area contributed by atoms with Gasteiger partial charge in [0, 0.05) is 45.5 Å². The van der Waals surface area contributed by atoms with Gasteiger partial charge in [0.15, 0.2) is 0 Å². The SMILES string of the molecule is CC(C)CCCC(C)CCOc1cc(C#Cc2c3ccccc3c(C#Cc3ccc(C#Cc4cccc(C(=O)O)c4)cc3C#N)c3ccccc23)c(OCCC(C)CCCC(C)C)cc1C#Cc1ccccc1. The molecule has 0 heterocycles. The average molecular weight is 960 g/mol. The summed E-state index contributed by atoms with van der Waals surface area (Å²) >= 11 is 0. The third-order valence-corrected chi connectivity index (χ3v) is 13.1. The number of hydrogen-bond donors (Lipinski definition) is 1. The Morgan fingerprint density at radius 3 is 1.40 bits per heavy atom. The second kappa shape index (κ2) is 26.3. The summed E-state index contributed by atoms with van der Waals surface area (Å²) in [6.07, 6.45) is 9.10. The molecular weight excluding hydrogens is 895 g/mol. The molecule has 5 nitrogen and oxygen atoms in total. The number of nitriles is 1. The molecule has 7 aromatic carbocycles. The second-order valence-electron chi connectivity index (χ2n) is 19.9. The summed E-state index contributed by atoms with van der Waals surface area (Å²) in [5.41, 5.74) is 6.47. The van der Waals surface area contributed by atoms with Gasteiger partial charge < -0.3 is 14.6 Å². The second-order valence-corrected chi connectivity index (χ2v) is 19.9. The maximum Gasteiger partial charge on any atom is 0.335 e. The van der Waals surface area contributed by atoms with Gasteiger partial charge in [-0.3, -0.25) is 0 Å². The van der Waals surface area contributed by atoms with Gasteiger partial charge in [-0.25, -0.2) is 4.79 Å². The zero-order valence-electron chi connectivity index (χ0n) is 43.2. The van der Waals surface area contributed by atoms with Crippen molar-refractivity contribution < 1.29 is 19.4 Å². The van der Waals surface area contributed by atoms with Crippen LogP contribution in [0, 0.1) is 82.4 Å². The fourth-order valence-corrected chi connectivity index (χ4v) is 8.79. The molecule has 1 N–H and O–H groups in total. The van der Waals surface area contributed by atoms with Crippen LogP contribution in [0.4, 0.5) is 0 Å². The van der Waals surface area contributed by atoms with E-state index in [1.54, 1.807) is 18.2 Å². The van der Waals surface area contributed by atoms with Crippen LogP contribution in [0.15, 0.2) is 133 Å². The van der Waals surface area contributed by atoms with E-state index in [4.69, 9.17) is 9.47 Å². The van der Waals surface area contributed by atoms with E-state index >= 15 is 0 Å². The molecule has 0 aromatic heterocycles. The van der Waals surface area contributed by atoms with E-state index in [0.717, 1.165) is 62.2 Å². The summed E-state index contributed by atoms with van der Waals surface area (Å²) in [7, 11) is 0. The molecule has 2 atom stereocenters. The van der Waals surface area contributed by atoms with Crippen LogP contribution in [0.25, 0.3) is 21.5 Å². The first-order valence-corrected chi connectivity index (χ1v) is 25.8. The molecule has 0 fully saturated rings. The molecule has 7 aromatic rings. The smallest absolute Gasteiger partial charge is 0.335 e. The van der Waals surface area contributed by atoms with Gasteiger partial charge >= 0.3 is 5.97 Å². The van der Waals surface area contributed by atoms with Crippen molar-refractivity contribution in [2.24, 2.45) is 23.7 Å². The topological polar surface area (TPSA) is 79.5 Å². The van der Waals surface area contributed by atoms with Gasteiger partial charge in [0.25, 0.3) is 0 Å². The highest BCUT2D eigenvalue weighted by atomic mass is 16.5. The molecule has 5 heteroatoms. The van der Waals surface area contributed by atoms with Crippen molar-refractivity contribution in [3.63, 3.8) is 0 Å². The van der Waals surface area contributed by atoms with E-state index in [1.807, 2.05) is 78.9 Å². The zero-order chi connectivity index (χ0) is 51.5. The number of benzene rings is 7. The van der Waals surface area contributed by atoms with Crippen molar-refractivity contribution in [2.75, 3.05) is 13.2 Å². The van der Waals surface area contributed by atoms with Gasteiger partial charge in [0.05, 0.1) is 35.5 Å². The number of aromatic carboxylic acids is 1. The van der Waals surface area contributed by atoms with Crippen LogP contribution in [-0.2, 0) is 0 Å². The van der Waals surface area contributed by atoms with Crippen LogP contribution in [0.5, 0.6) is 11.5 Å². The molecular formula is C68H65NO4. The summed E-state index contributed by atoms with van der Waals surface area (Å²) in [4.78, 5) is 11.5. The molecule has 0 spiro atoms. The van der Waals surface area contributed by atoms with Crippen molar-refractivity contribution in [2.45, 2.75) is 92.9 Å². The van der Waals surface area contributed by atoms with Gasteiger partial charge in [-0.15, -0.1) is 0 Å². The number of carboxylic acids is 1. The van der Waals surface area contributed by atoms with Crippen LogP contribution in [0.3, 0.4) is 0 Å². The van der Waals surface area contributed by atoms with Crippen LogP contribution >= 0.6 is 0 Å². The van der Waals surface area contributed by atoms with E-state index in [0.29, 0.717) is 70.6 Å². The first kappa shape index (κ1) is 52.7. The van der Waals surface area contributed by atoms with Gasteiger partial charge in [-0.2, -0.15) is 5.26 Å². The highest BCUT2D eigenvalue weighted by Gasteiger charge is 2.16. The monoisotopic (exact) mass is 959 g/mol. The fourth-order valence-electron chi connectivity index (χ4n) is 8.79. The van der Waals surface area contributed by atoms with Crippen LogP contribution in [0.1, 0.15) is 153 Å². The molecule has 0 radical (unpaired) electrons. The number of nitrogens with zero attached hydrogens (tertiary/aromatic N) is 1. The normalized spacial score (nSPS) is 11.5. The Morgan fingerprint density at radius 2 is 0.904 bits per heavy atom. The highest BCUT2D eigenvalue weighted by molar-refractivity contribution is 6.10. The van der Waals surface area contributed by atoms with Crippen LogP contribution in [0.2, 0.25) is 0 Å². The Labute approximate surface area is 434 Å². The summed E-state index contributed by atoms with van der Waals surface area (Å²) < 4.78 is 13.4. The third-order valence-electron chi connectivity index (χ3n) is 13.1. The first-order valence-electron chi connectivity index (χ1n) is 25.8. The minimum atomic E-state index is -1.01. The number of rotatable bonds is 17. The lowest BCUT2D eigenvalue weighted by Gasteiger charge is -2.17. The van der Waals surface area contributed by atoms with Gasteiger partial charge in [0.2, 0.25) is 0 Å². The van der Waals surface area contributed by atoms with E-state index < -0.39 is 5.97 Å². The lowest BCUT2D eigenvalue weighted by molar-refractivity contribution is 0.0696. The van der Waals surface area contributed by atoms with Gasteiger partial charge in [-0.1, -0.05) is 200 Å². The summed E-state index contributed by atoms with van der Waals surface area (Å²) in [5.74, 6) is 29.7. The van der Waals surface area contributed by atoms with E-state index in [9.17, 15) is 15.2 Å². The number of hydrogen-bond acceptors (Lipinski definition) is 4. The lowest BCUT2D eigenvalue weighted by Crippen LogP contribution is -2.08. The van der Waals surface area contributed by atoms with Crippen molar-refractivity contribution in [1.82, 2.24) is 0 Å². The minimum absolute atomic E-state index is 0.163. The molecule has 0 aliphatic rings. The number of ether oxygens (including phenoxy) is 2. The van der Waals surface area contributed by atoms with Gasteiger partial charge in [-0.05, 0) is 107 Å². The molecule has 0 bridgehead atoms. The number of fused-ring (bicyclic) bond motifs is 2. The van der Waals surface area contributed by atoms with Gasteiger partial charge in [0.1, 0.15) is 17.6 Å². The summed E-state index contributed by atoms with van der Waals surface area (Å²) in [5, 5.41) is 23.5. The van der Waals surface area contributed by atoms with Crippen molar-refractivity contribution in [3.8, 4) is 64.9 Å². The molecule has 2 unspecified atom stereocenters. The van der Waals surface area contributed by atoms with Crippen LogP contribution < -0.4 is 9.47 Å². The molecule has 0 amide bonds. The average Bonchev–Trinajstić information content (AvgIpc) is 3.39. The van der Waals surface area contributed by atoms with Crippen molar-refractivity contribution in [1.29, 1.82) is 5.26 Å². The molecule has 366 valence electrons. The van der Waals surface area contributed by atoms with Crippen LogP contribution in [-0.4, -0.2) is 24.3 Å². The standard InChI is InChI=1S/C68H65NO4/c1-48(2)17-14-19-50(5)39-41-72-66-46-57(67(73-42-40-51(6)20-15-18-49(3)4)45-56(66)34-31-52-21-8-7-9-22-52)36-38-65-62-27-12-10-25-60(62)64(61-26-11-13-28-63(61)65)37-35-55-33-32-54(44-59(55)47-69)30-29-53-23-16-24-58(43-53)68(70)71/h7-13,16,21-28,32-33,43-46,48-51H,14-15,17-20,39-42H2,1-6H3,(H,70,71). The Kier molecular flexibility index (Phi) is 19.0. The van der Waals surface area contributed by atoms with E-state index in [-0.39, 0.29) is 5.56 Å². The molecule has 0 saturated carbocycles. The Morgan fingerprint density at radius 1 is 0.452 bits per heavy atom. The molecule has 73 heavy (non-hydrogen) atoms. The quantitative estimate of drug-likeness (QED) is 0.0727. The minimum Gasteiger partial charge on any atom is -0.492 e. The molecule has 0 aliphatic heterocycles. The maximum absolute atomic E-state index is 11.5. The number of carbonyl (C=O) groups is 1. The molecule has 0 aliphatic carbocycles. The Hall–Kier alpha value is -8.14. The summed E-state index contributed by atoms with van der Waals surface area (Å²) in [6.45, 7) is 14.9. The maximum atomic E-state index is 11.5. The largest absolute Gasteiger partial charge is 0.492 e. The predicted molar refractivity (Wildman–Crippen MR) is 299 cm³/mol. The summed E-state index contributed by atoms with van der Waals surface area (Å²) in [6, 6.07) is 44.6. The molecule has 7 rings (SSSR count). The highest BCUT2D eigenvalue weighted by Crippen LogP contribution is 2.34. The van der Waals surface area contributed by atoms with Crippen molar-refractivity contribution >= 4 is 27.5 Å². The zero-order valence-corrected chi connectivity index (χ0v) is 43.2. The number of carboxylic acid groups (broad SMARTS) is 1. The Balaban J connectivity index is 1.27. The predicted octanol–water partition coefficient (Wildman–Crippen LogP) is 15.6. The van der Waals surface area contributed by atoms with E-state index in [2.05, 4.69) is 119 Å². The van der Waals surface area contributed by atoms with Crippen molar-refractivity contribution in [3.05, 3.63) is 189 Å².